The van der Waals surface area contributed by atoms with Crippen molar-refractivity contribution in [3.05, 3.63) is 46.2 Å². The normalized spacial score (nSPS) is 10.4. The number of imidazole rings is 1. The van der Waals surface area contributed by atoms with E-state index in [4.69, 9.17) is 5.73 Å². The van der Waals surface area contributed by atoms with Gasteiger partial charge in [0, 0.05) is 16.6 Å². The van der Waals surface area contributed by atoms with Crippen molar-refractivity contribution >= 4 is 21.9 Å². The summed E-state index contributed by atoms with van der Waals surface area (Å²) in [4.78, 5) is 6.94. The fraction of sp³-hybridized carbons (Fsp3) is 0.100. The summed E-state index contributed by atoms with van der Waals surface area (Å²) >= 11 is 3.43. The maximum absolute atomic E-state index is 5.49. The Bertz CT molecular complexity index is 436. The van der Waals surface area contributed by atoms with Crippen LogP contribution in [0.5, 0.6) is 0 Å². The molecular weight excluding hydrogens is 242 g/mol. The lowest BCUT2D eigenvalue weighted by molar-refractivity contribution is 1.11. The van der Waals surface area contributed by atoms with E-state index in [1.54, 1.807) is 6.20 Å². The Morgan fingerprint density at radius 3 is 2.93 bits per heavy atom. The molecule has 1 aromatic carbocycles. The number of aromatic nitrogens is 2. The van der Waals surface area contributed by atoms with Crippen molar-refractivity contribution in [1.29, 1.82) is 0 Å². The molecule has 2 aromatic rings. The second-order valence-electron chi connectivity index (χ2n) is 3.10. The fourth-order valence-corrected chi connectivity index (χ4v) is 1.78. The van der Waals surface area contributed by atoms with Gasteiger partial charge in [-0.3, -0.25) is 0 Å². The van der Waals surface area contributed by atoms with Crippen LogP contribution in [0.3, 0.4) is 0 Å². The van der Waals surface area contributed by atoms with Crippen molar-refractivity contribution in [3.63, 3.8) is 0 Å². The van der Waals surface area contributed by atoms with Gasteiger partial charge in [0.2, 0.25) is 0 Å². The third-order valence-corrected chi connectivity index (χ3v) is 2.42. The molecule has 0 bridgehead atoms. The lowest BCUT2D eigenvalue weighted by atomic mass is 10.1. The third-order valence-electron chi connectivity index (χ3n) is 1.93. The minimum atomic E-state index is 0.468. The van der Waals surface area contributed by atoms with Crippen molar-refractivity contribution in [2.75, 3.05) is 5.73 Å². The van der Waals surface area contributed by atoms with Crippen molar-refractivity contribution in [1.82, 2.24) is 9.97 Å². The van der Waals surface area contributed by atoms with E-state index in [1.165, 1.54) is 5.56 Å². The molecule has 0 saturated heterocycles. The number of H-pyrrole nitrogens is 1. The van der Waals surface area contributed by atoms with Crippen LogP contribution in [0, 0.1) is 0 Å². The summed E-state index contributed by atoms with van der Waals surface area (Å²) in [5.74, 6) is 0.468. The van der Waals surface area contributed by atoms with Crippen molar-refractivity contribution in [2.24, 2.45) is 0 Å². The summed E-state index contributed by atoms with van der Waals surface area (Å²) in [6, 6.07) is 8.17. The molecule has 1 aromatic heterocycles. The van der Waals surface area contributed by atoms with E-state index in [9.17, 15) is 0 Å². The molecule has 4 heteroatoms. The molecule has 3 N–H and O–H groups in total. The number of hydrogen-bond donors (Lipinski definition) is 2. The maximum Gasteiger partial charge on any atom is 0.197 e. The Morgan fingerprint density at radius 2 is 2.29 bits per heavy atom. The molecule has 0 aliphatic carbocycles. The minimum Gasteiger partial charge on any atom is -0.369 e. The largest absolute Gasteiger partial charge is 0.369 e. The first-order chi connectivity index (χ1) is 6.74. The lowest BCUT2D eigenvalue weighted by Gasteiger charge is -1.98. The lowest BCUT2D eigenvalue weighted by Crippen LogP contribution is -1.90. The topological polar surface area (TPSA) is 54.7 Å². The average molecular weight is 252 g/mol. The number of anilines is 1. The Hall–Kier alpha value is -1.29. The molecule has 3 nitrogen and oxygen atoms in total. The first-order valence-electron chi connectivity index (χ1n) is 4.28. The zero-order chi connectivity index (χ0) is 9.97. The van der Waals surface area contributed by atoms with Gasteiger partial charge in [-0.2, -0.15) is 0 Å². The Labute approximate surface area is 90.5 Å². The molecule has 1 heterocycles. The van der Waals surface area contributed by atoms with Crippen LogP contribution < -0.4 is 5.73 Å². The highest BCUT2D eigenvalue weighted by Crippen LogP contribution is 2.14. The molecular formula is C10H10BrN3. The first kappa shape index (κ1) is 9.27. The quantitative estimate of drug-likeness (QED) is 0.861. The number of nitrogen functional groups attached to an aromatic ring is 1. The van der Waals surface area contributed by atoms with Gasteiger partial charge >= 0.3 is 0 Å². The number of halogens is 1. The van der Waals surface area contributed by atoms with E-state index in [2.05, 4.69) is 38.0 Å². The molecule has 0 atom stereocenters. The van der Waals surface area contributed by atoms with E-state index >= 15 is 0 Å². The summed E-state index contributed by atoms with van der Waals surface area (Å²) in [5.41, 5.74) is 7.74. The standard InChI is InChI=1S/C10H10BrN3/c11-8-3-1-2-7(4-8)5-9-6-13-10(12)14-9/h1-4,6H,5H2,(H3,12,13,14). The summed E-state index contributed by atoms with van der Waals surface area (Å²) in [6.07, 6.45) is 2.58. The number of rotatable bonds is 2. The van der Waals surface area contributed by atoms with E-state index in [1.807, 2.05) is 12.1 Å². The van der Waals surface area contributed by atoms with Crippen LogP contribution in [0.25, 0.3) is 0 Å². The number of nitrogens with zero attached hydrogens (tertiary/aromatic N) is 1. The second kappa shape index (κ2) is 3.84. The SMILES string of the molecule is Nc1ncc(Cc2cccc(Br)c2)[nH]1. The average Bonchev–Trinajstić information content (AvgIpc) is 2.51. The van der Waals surface area contributed by atoms with Gasteiger partial charge in [-0.25, -0.2) is 4.98 Å². The second-order valence-corrected chi connectivity index (χ2v) is 4.02. The highest BCUT2D eigenvalue weighted by molar-refractivity contribution is 9.10. The molecule has 0 radical (unpaired) electrons. The monoisotopic (exact) mass is 251 g/mol. The highest BCUT2D eigenvalue weighted by atomic mass is 79.9. The van der Waals surface area contributed by atoms with Gasteiger partial charge in [0.1, 0.15) is 0 Å². The van der Waals surface area contributed by atoms with Crippen LogP contribution in [0.1, 0.15) is 11.3 Å². The molecule has 0 aliphatic rings. The molecule has 72 valence electrons. The van der Waals surface area contributed by atoms with E-state index in [-0.39, 0.29) is 0 Å². The molecule has 0 saturated carbocycles. The summed E-state index contributed by atoms with van der Waals surface area (Å²) in [6.45, 7) is 0. The van der Waals surface area contributed by atoms with Gasteiger partial charge in [0.25, 0.3) is 0 Å². The Kier molecular flexibility index (Phi) is 2.54. The predicted octanol–water partition coefficient (Wildman–Crippen LogP) is 2.35. The van der Waals surface area contributed by atoms with Gasteiger partial charge in [-0.05, 0) is 17.7 Å². The van der Waals surface area contributed by atoms with Crippen molar-refractivity contribution < 1.29 is 0 Å². The van der Waals surface area contributed by atoms with Crippen LogP contribution in [-0.4, -0.2) is 9.97 Å². The summed E-state index contributed by atoms with van der Waals surface area (Å²) < 4.78 is 1.09. The van der Waals surface area contributed by atoms with Crippen LogP contribution in [0.2, 0.25) is 0 Å². The van der Waals surface area contributed by atoms with E-state index < -0.39 is 0 Å². The molecule has 0 fully saturated rings. The van der Waals surface area contributed by atoms with E-state index in [0.717, 1.165) is 16.6 Å². The molecule has 2 rings (SSSR count). The number of hydrogen-bond acceptors (Lipinski definition) is 2. The third kappa shape index (κ3) is 2.14. The number of benzene rings is 1. The maximum atomic E-state index is 5.49. The molecule has 14 heavy (non-hydrogen) atoms. The zero-order valence-corrected chi connectivity index (χ0v) is 9.08. The number of nitrogens with one attached hydrogen (secondary N) is 1. The Morgan fingerprint density at radius 1 is 1.43 bits per heavy atom. The summed E-state index contributed by atoms with van der Waals surface area (Å²) in [7, 11) is 0. The van der Waals surface area contributed by atoms with Gasteiger partial charge < -0.3 is 10.7 Å². The van der Waals surface area contributed by atoms with Crippen LogP contribution in [0.15, 0.2) is 34.9 Å². The molecule has 0 amide bonds. The molecule has 0 unspecified atom stereocenters. The van der Waals surface area contributed by atoms with Crippen LogP contribution >= 0.6 is 15.9 Å². The van der Waals surface area contributed by atoms with Gasteiger partial charge in [0.15, 0.2) is 5.95 Å². The van der Waals surface area contributed by atoms with Gasteiger partial charge in [-0.15, -0.1) is 0 Å². The fourth-order valence-electron chi connectivity index (χ4n) is 1.33. The predicted molar refractivity (Wildman–Crippen MR) is 59.9 cm³/mol. The van der Waals surface area contributed by atoms with Crippen LogP contribution in [0.4, 0.5) is 5.95 Å². The number of aromatic amines is 1. The van der Waals surface area contributed by atoms with Crippen LogP contribution in [-0.2, 0) is 6.42 Å². The summed E-state index contributed by atoms with van der Waals surface area (Å²) in [5, 5.41) is 0. The smallest absolute Gasteiger partial charge is 0.197 e. The van der Waals surface area contributed by atoms with Crippen molar-refractivity contribution in [2.45, 2.75) is 6.42 Å². The molecule has 0 aliphatic heterocycles. The Balaban J connectivity index is 2.18. The minimum absolute atomic E-state index is 0.468. The number of nitrogens with two attached hydrogens (primary N) is 1. The molecule has 0 spiro atoms. The van der Waals surface area contributed by atoms with Gasteiger partial charge in [0.05, 0.1) is 6.20 Å². The van der Waals surface area contributed by atoms with Gasteiger partial charge in [-0.1, -0.05) is 28.1 Å². The highest BCUT2D eigenvalue weighted by Gasteiger charge is 1.99. The first-order valence-corrected chi connectivity index (χ1v) is 5.07. The zero-order valence-electron chi connectivity index (χ0n) is 7.50. The van der Waals surface area contributed by atoms with Crippen molar-refractivity contribution in [3.8, 4) is 0 Å². The van der Waals surface area contributed by atoms with E-state index in [0.29, 0.717) is 5.95 Å².